The Morgan fingerprint density at radius 3 is 2.63 bits per heavy atom. The molecule has 1 amide bonds. The first-order valence-corrected chi connectivity index (χ1v) is 7.26. The molecule has 4 nitrogen and oxygen atoms in total. The van der Waals surface area contributed by atoms with Crippen LogP contribution in [0.15, 0.2) is 24.3 Å². The van der Waals surface area contributed by atoms with Crippen LogP contribution in [0.4, 0.5) is 4.79 Å². The first-order valence-electron chi connectivity index (χ1n) is 6.11. The Labute approximate surface area is 119 Å². The molecule has 0 saturated carbocycles. The predicted molar refractivity (Wildman–Crippen MR) is 77.8 cm³/mol. The van der Waals surface area contributed by atoms with Crippen molar-refractivity contribution in [1.82, 2.24) is 5.32 Å². The van der Waals surface area contributed by atoms with Gasteiger partial charge < -0.3 is 14.2 Å². The molecule has 0 spiro atoms. The molecule has 1 rings (SSSR count). The minimum Gasteiger partial charge on any atom is -0.444 e. The van der Waals surface area contributed by atoms with E-state index >= 15 is 0 Å². The second-order valence-corrected chi connectivity index (χ2v) is 5.67. The van der Waals surface area contributed by atoms with E-state index in [0.717, 1.165) is 11.1 Å². The summed E-state index contributed by atoms with van der Waals surface area (Å²) in [7, 11) is 0. The molecule has 0 aliphatic heterocycles. The third kappa shape index (κ3) is 7.08. The summed E-state index contributed by atoms with van der Waals surface area (Å²) in [6, 6.07) is 7.91. The van der Waals surface area contributed by atoms with Crippen LogP contribution in [0.5, 0.6) is 0 Å². The maximum atomic E-state index is 11.5. The van der Waals surface area contributed by atoms with Crippen LogP contribution in [0.2, 0.25) is 0 Å². The fourth-order valence-corrected chi connectivity index (χ4v) is 1.70. The van der Waals surface area contributed by atoms with Gasteiger partial charge in [0.2, 0.25) is 0 Å². The summed E-state index contributed by atoms with van der Waals surface area (Å²) in [4.78, 5) is 11.5. The van der Waals surface area contributed by atoms with Gasteiger partial charge in [0, 0.05) is 12.8 Å². The molecule has 5 heteroatoms. The number of hydrogen-bond acceptors (Lipinski definition) is 4. The van der Waals surface area contributed by atoms with Crippen molar-refractivity contribution in [2.24, 2.45) is 0 Å². The maximum absolute atomic E-state index is 11.5. The van der Waals surface area contributed by atoms with E-state index in [2.05, 4.69) is 5.32 Å². The smallest absolute Gasteiger partial charge is 0.407 e. The molecule has 0 fully saturated rings. The van der Waals surface area contributed by atoms with E-state index in [4.69, 9.17) is 8.92 Å². The second-order valence-electron chi connectivity index (χ2n) is 5.10. The molecule has 19 heavy (non-hydrogen) atoms. The van der Waals surface area contributed by atoms with Crippen molar-refractivity contribution in [2.75, 3.05) is 6.26 Å². The average molecular weight is 283 g/mol. The zero-order valence-corrected chi connectivity index (χ0v) is 12.7. The lowest BCUT2D eigenvalue weighted by Gasteiger charge is -2.19. The molecule has 1 aromatic rings. The van der Waals surface area contributed by atoms with E-state index in [0.29, 0.717) is 13.2 Å². The van der Waals surface area contributed by atoms with Gasteiger partial charge in [0.15, 0.2) is 0 Å². The summed E-state index contributed by atoms with van der Waals surface area (Å²) >= 11 is 1.34. The summed E-state index contributed by atoms with van der Waals surface area (Å²) in [6.07, 6.45) is 1.48. The van der Waals surface area contributed by atoms with Crippen LogP contribution in [0.3, 0.4) is 0 Å². The highest BCUT2D eigenvalue weighted by Crippen LogP contribution is 2.10. The van der Waals surface area contributed by atoms with Crippen molar-refractivity contribution in [2.45, 2.75) is 39.5 Å². The van der Waals surface area contributed by atoms with Crippen molar-refractivity contribution < 1.29 is 13.7 Å². The van der Waals surface area contributed by atoms with Crippen LogP contribution in [-0.2, 0) is 22.1 Å². The topological polar surface area (TPSA) is 47.6 Å². The van der Waals surface area contributed by atoms with Crippen LogP contribution >= 0.6 is 12.0 Å². The fourth-order valence-electron chi connectivity index (χ4n) is 1.44. The standard InChI is InChI=1S/C14H21NO3S/c1-14(2,3)18-13(16)15-9-11-6-5-7-12(8-11)10-17-19-4/h5-8H,9-10H2,1-4H3,(H,15,16). The monoisotopic (exact) mass is 283 g/mol. The van der Waals surface area contributed by atoms with Gasteiger partial charge in [0.1, 0.15) is 5.60 Å². The van der Waals surface area contributed by atoms with Gasteiger partial charge in [-0.3, -0.25) is 0 Å². The van der Waals surface area contributed by atoms with Gasteiger partial charge in [0.25, 0.3) is 0 Å². The minimum absolute atomic E-state index is 0.404. The summed E-state index contributed by atoms with van der Waals surface area (Å²) in [5.41, 5.74) is 1.63. The van der Waals surface area contributed by atoms with E-state index in [1.165, 1.54) is 12.0 Å². The number of carbonyl (C=O) groups excluding carboxylic acids is 1. The van der Waals surface area contributed by atoms with Crippen molar-refractivity contribution in [1.29, 1.82) is 0 Å². The maximum Gasteiger partial charge on any atom is 0.407 e. The van der Waals surface area contributed by atoms with E-state index in [1.54, 1.807) is 0 Å². The molecule has 0 aliphatic rings. The van der Waals surface area contributed by atoms with E-state index in [-0.39, 0.29) is 0 Å². The molecule has 0 heterocycles. The highest BCUT2D eigenvalue weighted by atomic mass is 32.2. The van der Waals surface area contributed by atoms with Crippen molar-refractivity contribution in [3.05, 3.63) is 35.4 Å². The number of amides is 1. The lowest BCUT2D eigenvalue weighted by Crippen LogP contribution is -2.32. The molecule has 0 bridgehead atoms. The SMILES string of the molecule is CSOCc1cccc(CNC(=O)OC(C)(C)C)c1. The number of ether oxygens (including phenoxy) is 1. The van der Waals surface area contributed by atoms with Crippen molar-refractivity contribution in [3.8, 4) is 0 Å². The predicted octanol–water partition coefficient (Wildman–Crippen LogP) is 3.51. The third-order valence-electron chi connectivity index (χ3n) is 2.17. The average Bonchev–Trinajstić information content (AvgIpc) is 2.32. The fraction of sp³-hybridized carbons (Fsp3) is 0.500. The first kappa shape index (κ1) is 15.9. The van der Waals surface area contributed by atoms with Gasteiger partial charge in [-0.05, 0) is 43.9 Å². The normalized spacial score (nSPS) is 11.2. The number of hydrogen-bond donors (Lipinski definition) is 1. The molecular weight excluding hydrogens is 262 g/mol. The Bertz CT molecular complexity index is 415. The van der Waals surface area contributed by atoms with Gasteiger partial charge in [0.05, 0.1) is 6.61 Å². The highest BCUT2D eigenvalue weighted by Gasteiger charge is 2.15. The number of nitrogens with one attached hydrogen (secondary N) is 1. The second kappa shape index (κ2) is 7.40. The van der Waals surface area contributed by atoms with Gasteiger partial charge in [-0.1, -0.05) is 24.3 Å². The molecule has 0 aliphatic carbocycles. The van der Waals surface area contributed by atoms with Crippen LogP contribution in [0, 0.1) is 0 Å². The van der Waals surface area contributed by atoms with Gasteiger partial charge in [-0.25, -0.2) is 4.79 Å². The zero-order valence-electron chi connectivity index (χ0n) is 11.9. The molecule has 1 N–H and O–H groups in total. The molecule has 0 unspecified atom stereocenters. The minimum atomic E-state index is -0.474. The van der Waals surface area contributed by atoms with Crippen molar-refractivity contribution in [3.63, 3.8) is 0 Å². The number of benzene rings is 1. The zero-order chi connectivity index (χ0) is 14.3. The summed E-state index contributed by atoms with van der Waals surface area (Å²) in [5, 5.41) is 2.73. The molecule has 0 aromatic heterocycles. The largest absolute Gasteiger partial charge is 0.444 e. The van der Waals surface area contributed by atoms with Gasteiger partial charge >= 0.3 is 6.09 Å². The van der Waals surface area contributed by atoms with Crippen LogP contribution in [-0.4, -0.2) is 18.0 Å². The Hall–Kier alpha value is -1.20. The van der Waals surface area contributed by atoms with E-state index < -0.39 is 11.7 Å². The number of carbonyl (C=O) groups is 1. The van der Waals surface area contributed by atoms with Crippen LogP contribution in [0.1, 0.15) is 31.9 Å². The molecule has 0 radical (unpaired) electrons. The van der Waals surface area contributed by atoms with Gasteiger partial charge in [-0.15, -0.1) is 0 Å². The lowest BCUT2D eigenvalue weighted by molar-refractivity contribution is 0.0523. The Balaban J connectivity index is 2.46. The van der Waals surface area contributed by atoms with Crippen LogP contribution < -0.4 is 5.32 Å². The quantitative estimate of drug-likeness (QED) is 0.840. The number of rotatable bonds is 5. The summed E-state index contributed by atoms with van der Waals surface area (Å²) in [6.45, 7) is 6.52. The molecular formula is C14H21NO3S. The molecule has 0 saturated heterocycles. The van der Waals surface area contributed by atoms with Crippen LogP contribution in [0.25, 0.3) is 0 Å². The Morgan fingerprint density at radius 2 is 2.00 bits per heavy atom. The highest BCUT2D eigenvalue weighted by molar-refractivity contribution is 7.93. The summed E-state index contributed by atoms with van der Waals surface area (Å²) in [5.74, 6) is 0. The van der Waals surface area contributed by atoms with E-state index in [1.807, 2.05) is 51.3 Å². The Kier molecular flexibility index (Phi) is 6.18. The molecule has 1 aromatic carbocycles. The van der Waals surface area contributed by atoms with E-state index in [9.17, 15) is 4.79 Å². The van der Waals surface area contributed by atoms with Crippen molar-refractivity contribution >= 4 is 18.1 Å². The lowest BCUT2D eigenvalue weighted by atomic mass is 10.1. The van der Waals surface area contributed by atoms with Gasteiger partial charge in [-0.2, -0.15) is 0 Å². The summed E-state index contributed by atoms with van der Waals surface area (Å²) < 4.78 is 10.4. The first-order chi connectivity index (χ1) is 8.90. The molecule has 106 valence electrons. The third-order valence-corrected chi connectivity index (χ3v) is 2.52. The Morgan fingerprint density at radius 1 is 1.32 bits per heavy atom. The molecule has 0 atom stereocenters. The number of alkyl carbamates (subject to hydrolysis) is 1.